The highest BCUT2D eigenvalue weighted by Crippen LogP contribution is 2.27. The summed E-state index contributed by atoms with van der Waals surface area (Å²) in [5.74, 6) is -1.36. The molecule has 6 nitrogen and oxygen atoms in total. The Balaban J connectivity index is 3.23. The van der Waals surface area contributed by atoms with Crippen LogP contribution in [-0.2, 0) is 4.79 Å². The average molecular weight is 237 g/mol. The van der Waals surface area contributed by atoms with Crippen LogP contribution in [0, 0.1) is 11.3 Å². The zero-order valence-corrected chi connectivity index (χ0v) is 8.99. The second-order valence-corrected chi connectivity index (χ2v) is 3.26. The van der Waals surface area contributed by atoms with Gasteiger partial charge in [0, 0.05) is 5.56 Å². The Morgan fingerprint density at radius 2 is 2.12 bits per heavy atom. The molecule has 0 fully saturated rings. The minimum absolute atomic E-state index is 0.00259. The molecule has 0 spiro atoms. The summed E-state index contributed by atoms with van der Waals surface area (Å²) >= 11 is 0. The minimum atomic E-state index is -1.99. The molecule has 0 saturated heterocycles. The number of ether oxygens (including phenoxy) is 1. The molecule has 0 bridgehead atoms. The zero-order chi connectivity index (χ0) is 13.0. The van der Waals surface area contributed by atoms with E-state index in [4.69, 9.17) is 15.1 Å². The van der Waals surface area contributed by atoms with Crippen LogP contribution < -0.4 is 4.74 Å². The van der Waals surface area contributed by atoms with Crippen molar-refractivity contribution in [1.82, 2.24) is 0 Å². The van der Waals surface area contributed by atoms with Gasteiger partial charge in [0.2, 0.25) is 0 Å². The Labute approximate surface area is 97.3 Å². The number of carboxylic acid groups (broad SMARTS) is 1. The number of hydrogen-bond donors (Lipinski definition) is 3. The van der Waals surface area contributed by atoms with Crippen LogP contribution >= 0.6 is 0 Å². The summed E-state index contributed by atoms with van der Waals surface area (Å²) < 4.78 is 4.90. The van der Waals surface area contributed by atoms with Gasteiger partial charge in [-0.2, -0.15) is 5.26 Å². The van der Waals surface area contributed by atoms with Gasteiger partial charge in [0.15, 0.2) is 6.10 Å². The molecule has 17 heavy (non-hydrogen) atoms. The molecule has 1 aromatic rings. The molecule has 6 heteroatoms. The van der Waals surface area contributed by atoms with Gasteiger partial charge in [0.1, 0.15) is 17.9 Å². The molecule has 2 atom stereocenters. The van der Waals surface area contributed by atoms with Gasteiger partial charge in [-0.3, -0.25) is 0 Å². The molecular formula is C11H11NO5. The topological polar surface area (TPSA) is 111 Å². The van der Waals surface area contributed by atoms with Crippen molar-refractivity contribution in [2.75, 3.05) is 7.11 Å². The third-order valence-electron chi connectivity index (χ3n) is 2.26. The van der Waals surface area contributed by atoms with Crippen LogP contribution in [0.2, 0.25) is 0 Å². The number of aliphatic carboxylic acids is 1. The maximum absolute atomic E-state index is 10.5. The molecule has 1 aromatic carbocycles. The molecule has 0 aromatic heterocycles. The smallest absolute Gasteiger partial charge is 0.335 e. The number of rotatable bonds is 4. The molecule has 0 aliphatic rings. The quantitative estimate of drug-likeness (QED) is 0.682. The van der Waals surface area contributed by atoms with Crippen molar-refractivity contribution in [2.45, 2.75) is 12.2 Å². The number of aliphatic hydroxyl groups is 2. The van der Waals surface area contributed by atoms with E-state index in [0.29, 0.717) is 0 Å². The largest absolute Gasteiger partial charge is 0.495 e. The summed E-state index contributed by atoms with van der Waals surface area (Å²) in [6, 6.07) is 6.15. The number of carbonyl (C=O) groups is 1. The highest BCUT2D eigenvalue weighted by atomic mass is 16.5. The Morgan fingerprint density at radius 1 is 1.47 bits per heavy atom. The lowest BCUT2D eigenvalue weighted by molar-refractivity contribution is -0.153. The van der Waals surface area contributed by atoms with Crippen molar-refractivity contribution < 1.29 is 24.9 Å². The summed E-state index contributed by atoms with van der Waals surface area (Å²) in [5.41, 5.74) is 0.0181. The number of nitrogens with zero attached hydrogens (tertiary/aromatic N) is 1. The van der Waals surface area contributed by atoms with Gasteiger partial charge in [0.05, 0.1) is 12.7 Å². The normalized spacial score (nSPS) is 13.5. The molecular weight excluding hydrogens is 226 g/mol. The average Bonchev–Trinajstić information content (AvgIpc) is 2.35. The van der Waals surface area contributed by atoms with Gasteiger partial charge < -0.3 is 20.1 Å². The van der Waals surface area contributed by atoms with Crippen molar-refractivity contribution in [2.24, 2.45) is 0 Å². The lowest BCUT2D eigenvalue weighted by Gasteiger charge is -2.16. The fraction of sp³-hybridized carbons (Fsp3) is 0.273. The highest BCUT2D eigenvalue weighted by molar-refractivity contribution is 5.73. The molecule has 0 heterocycles. The maximum atomic E-state index is 10.5. The molecule has 2 unspecified atom stereocenters. The molecule has 0 radical (unpaired) electrons. The fourth-order valence-corrected chi connectivity index (χ4v) is 1.39. The third-order valence-corrected chi connectivity index (χ3v) is 2.26. The van der Waals surface area contributed by atoms with Gasteiger partial charge in [-0.05, 0) is 6.07 Å². The molecule has 0 amide bonds. The van der Waals surface area contributed by atoms with Crippen molar-refractivity contribution in [3.63, 3.8) is 0 Å². The number of aliphatic hydroxyl groups excluding tert-OH is 2. The number of methoxy groups -OCH3 is 1. The molecule has 0 aliphatic carbocycles. The van der Waals surface area contributed by atoms with Gasteiger partial charge in [-0.1, -0.05) is 12.1 Å². The highest BCUT2D eigenvalue weighted by Gasteiger charge is 2.28. The maximum Gasteiger partial charge on any atom is 0.335 e. The zero-order valence-electron chi connectivity index (χ0n) is 8.99. The summed E-state index contributed by atoms with van der Waals surface area (Å²) in [5, 5.41) is 36.4. The van der Waals surface area contributed by atoms with Gasteiger partial charge in [-0.15, -0.1) is 0 Å². The van der Waals surface area contributed by atoms with Crippen LogP contribution in [0.4, 0.5) is 0 Å². The molecule has 3 N–H and O–H groups in total. The Kier molecular flexibility index (Phi) is 4.04. The van der Waals surface area contributed by atoms with Crippen LogP contribution in [0.5, 0.6) is 5.75 Å². The van der Waals surface area contributed by atoms with Gasteiger partial charge in [0.25, 0.3) is 0 Å². The van der Waals surface area contributed by atoms with E-state index in [1.165, 1.54) is 25.3 Å². The molecule has 1 rings (SSSR count). The standard InChI is InChI=1S/C11H11NO5/c1-17-8-4-2-3-6(7(8)5-12)9(13)10(14)11(15)16/h2-4,9-10,13-14H,1H3,(H,15,16). The van der Waals surface area contributed by atoms with E-state index in [0.717, 1.165) is 0 Å². The second kappa shape index (κ2) is 5.30. The SMILES string of the molecule is COc1cccc(C(O)C(O)C(=O)O)c1C#N. The monoisotopic (exact) mass is 237 g/mol. The Bertz CT molecular complexity index is 465. The Hall–Kier alpha value is -2.10. The van der Waals surface area contributed by atoms with Crippen molar-refractivity contribution >= 4 is 5.97 Å². The van der Waals surface area contributed by atoms with E-state index in [1.807, 2.05) is 0 Å². The first-order valence-electron chi connectivity index (χ1n) is 4.68. The van der Waals surface area contributed by atoms with Crippen LogP contribution in [0.1, 0.15) is 17.2 Å². The number of nitriles is 1. The first-order valence-corrected chi connectivity index (χ1v) is 4.68. The van der Waals surface area contributed by atoms with Crippen molar-refractivity contribution in [1.29, 1.82) is 5.26 Å². The van der Waals surface area contributed by atoms with E-state index in [-0.39, 0.29) is 16.9 Å². The van der Waals surface area contributed by atoms with E-state index in [9.17, 15) is 15.0 Å². The number of benzene rings is 1. The summed E-state index contributed by atoms with van der Waals surface area (Å²) in [6.45, 7) is 0. The molecule has 0 saturated carbocycles. The van der Waals surface area contributed by atoms with Gasteiger partial charge in [-0.25, -0.2) is 4.79 Å². The van der Waals surface area contributed by atoms with Crippen molar-refractivity contribution in [3.05, 3.63) is 29.3 Å². The van der Waals surface area contributed by atoms with Crippen molar-refractivity contribution in [3.8, 4) is 11.8 Å². The first kappa shape index (κ1) is 13.0. The minimum Gasteiger partial charge on any atom is -0.495 e. The predicted octanol–water partition coefficient (Wildman–Crippen LogP) is 0.0458. The molecule has 90 valence electrons. The second-order valence-electron chi connectivity index (χ2n) is 3.26. The van der Waals surface area contributed by atoms with E-state index in [2.05, 4.69) is 0 Å². The number of hydrogen-bond acceptors (Lipinski definition) is 5. The summed E-state index contributed by atoms with van der Waals surface area (Å²) in [7, 11) is 1.35. The van der Waals surface area contributed by atoms with E-state index in [1.54, 1.807) is 6.07 Å². The van der Waals surface area contributed by atoms with Crippen LogP contribution in [0.15, 0.2) is 18.2 Å². The summed E-state index contributed by atoms with van der Waals surface area (Å²) in [4.78, 5) is 10.5. The summed E-state index contributed by atoms with van der Waals surface area (Å²) in [6.07, 6.45) is -3.67. The van der Waals surface area contributed by atoms with Gasteiger partial charge >= 0.3 is 5.97 Å². The Morgan fingerprint density at radius 3 is 2.59 bits per heavy atom. The lowest BCUT2D eigenvalue weighted by atomic mass is 9.98. The molecule has 0 aliphatic heterocycles. The number of carboxylic acids is 1. The predicted molar refractivity (Wildman–Crippen MR) is 56.3 cm³/mol. The lowest BCUT2D eigenvalue weighted by Crippen LogP contribution is -2.28. The van der Waals surface area contributed by atoms with E-state index < -0.39 is 18.2 Å². The fourth-order valence-electron chi connectivity index (χ4n) is 1.39. The first-order chi connectivity index (χ1) is 8.02. The van der Waals surface area contributed by atoms with Crippen LogP contribution in [0.3, 0.4) is 0 Å². The van der Waals surface area contributed by atoms with Crippen LogP contribution in [-0.4, -0.2) is 34.5 Å². The van der Waals surface area contributed by atoms with E-state index >= 15 is 0 Å². The van der Waals surface area contributed by atoms with Crippen LogP contribution in [0.25, 0.3) is 0 Å². The third kappa shape index (κ3) is 2.53.